The number of hydrogen-bond acceptors (Lipinski definition) is 4. The summed E-state index contributed by atoms with van der Waals surface area (Å²) in [5, 5.41) is 0. The van der Waals surface area contributed by atoms with Crippen LogP contribution in [-0.2, 0) is 17.8 Å². The van der Waals surface area contributed by atoms with Crippen molar-refractivity contribution in [2.24, 2.45) is 5.73 Å². The molecule has 1 aliphatic rings. The van der Waals surface area contributed by atoms with Crippen LogP contribution in [0.4, 0.5) is 0 Å². The molecule has 0 amide bonds. The number of nitrogens with two attached hydrogens (primary N) is 1. The van der Waals surface area contributed by atoms with Crippen molar-refractivity contribution in [2.45, 2.75) is 32.0 Å². The van der Waals surface area contributed by atoms with Gasteiger partial charge in [-0.1, -0.05) is 6.92 Å². The number of fused-ring (bicyclic) bond motifs is 1. The van der Waals surface area contributed by atoms with Gasteiger partial charge in [0.2, 0.25) is 0 Å². The van der Waals surface area contributed by atoms with Gasteiger partial charge in [-0.05, 0) is 6.42 Å². The van der Waals surface area contributed by atoms with E-state index in [1.165, 1.54) is 0 Å². The molecule has 0 bridgehead atoms. The first kappa shape index (κ1) is 12.5. The van der Waals surface area contributed by atoms with E-state index < -0.39 is 0 Å². The van der Waals surface area contributed by atoms with Crippen molar-refractivity contribution in [2.75, 3.05) is 26.8 Å². The number of ether oxygens (including phenoxy) is 1. The lowest BCUT2D eigenvalue weighted by Crippen LogP contribution is -2.58. The van der Waals surface area contributed by atoms with Gasteiger partial charge < -0.3 is 15.0 Å². The van der Waals surface area contributed by atoms with Crippen LogP contribution in [-0.4, -0.2) is 46.8 Å². The highest BCUT2D eigenvalue weighted by atomic mass is 16.5. The second-order valence-corrected chi connectivity index (χ2v) is 4.67. The van der Waals surface area contributed by atoms with Gasteiger partial charge in [0, 0.05) is 39.1 Å². The second kappa shape index (κ2) is 5.16. The number of imidazole rings is 1. The smallest absolute Gasteiger partial charge is 0.122 e. The number of rotatable bonds is 5. The molecular formula is C12H22N4O. The van der Waals surface area contributed by atoms with Gasteiger partial charge in [0.25, 0.3) is 0 Å². The van der Waals surface area contributed by atoms with E-state index in [1.807, 2.05) is 12.4 Å². The molecule has 17 heavy (non-hydrogen) atoms. The molecule has 5 nitrogen and oxygen atoms in total. The van der Waals surface area contributed by atoms with Crippen LogP contribution < -0.4 is 5.73 Å². The molecule has 1 aliphatic heterocycles. The molecule has 1 atom stereocenters. The summed E-state index contributed by atoms with van der Waals surface area (Å²) in [4.78, 5) is 6.80. The first-order chi connectivity index (χ1) is 8.25. The summed E-state index contributed by atoms with van der Waals surface area (Å²) < 4.78 is 7.57. The number of hydrogen-bond donors (Lipinski definition) is 1. The predicted octanol–water partition coefficient (Wildman–Crippen LogP) is 0.453. The maximum Gasteiger partial charge on any atom is 0.122 e. The van der Waals surface area contributed by atoms with Crippen LogP contribution in [0.1, 0.15) is 19.2 Å². The molecule has 0 aromatic carbocycles. The topological polar surface area (TPSA) is 56.3 Å². The number of nitrogens with zero attached hydrogens (tertiary/aromatic N) is 3. The summed E-state index contributed by atoms with van der Waals surface area (Å²) in [6.45, 7) is 6.34. The van der Waals surface area contributed by atoms with Crippen molar-refractivity contribution in [1.82, 2.24) is 14.5 Å². The van der Waals surface area contributed by atoms with Crippen LogP contribution in [0.3, 0.4) is 0 Å². The van der Waals surface area contributed by atoms with Crippen LogP contribution in [0.25, 0.3) is 0 Å². The van der Waals surface area contributed by atoms with E-state index >= 15 is 0 Å². The third-order valence-electron chi connectivity index (χ3n) is 3.87. The van der Waals surface area contributed by atoms with Crippen molar-refractivity contribution in [3.05, 3.63) is 18.2 Å². The first-order valence-corrected chi connectivity index (χ1v) is 6.20. The van der Waals surface area contributed by atoms with Crippen LogP contribution in [0.15, 0.2) is 12.4 Å². The van der Waals surface area contributed by atoms with E-state index in [-0.39, 0.29) is 5.54 Å². The Bertz CT molecular complexity index is 359. The number of aromatic nitrogens is 2. The molecule has 2 N–H and O–H groups in total. The molecule has 1 unspecified atom stereocenters. The molecule has 0 saturated carbocycles. The lowest BCUT2D eigenvalue weighted by Gasteiger charge is -2.44. The molecule has 2 heterocycles. The summed E-state index contributed by atoms with van der Waals surface area (Å²) in [6, 6.07) is 0. The van der Waals surface area contributed by atoms with Gasteiger partial charge in [0.1, 0.15) is 5.82 Å². The lowest BCUT2D eigenvalue weighted by atomic mass is 9.94. The Hall–Kier alpha value is -0.910. The van der Waals surface area contributed by atoms with Gasteiger partial charge in [-0.2, -0.15) is 0 Å². The average Bonchev–Trinajstić information content (AvgIpc) is 2.83. The van der Waals surface area contributed by atoms with E-state index in [4.69, 9.17) is 10.5 Å². The molecule has 0 aliphatic carbocycles. The van der Waals surface area contributed by atoms with Crippen LogP contribution >= 0.6 is 0 Å². The fourth-order valence-electron chi connectivity index (χ4n) is 2.60. The molecule has 1 aromatic rings. The lowest BCUT2D eigenvalue weighted by molar-refractivity contribution is -0.00501. The molecular weight excluding hydrogens is 216 g/mol. The minimum Gasteiger partial charge on any atom is -0.383 e. The van der Waals surface area contributed by atoms with Crippen molar-refractivity contribution in [3.63, 3.8) is 0 Å². The Kier molecular flexibility index (Phi) is 3.81. The Morgan fingerprint density at radius 1 is 1.53 bits per heavy atom. The summed E-state index contributed by atoms with van der Waals surface area (Å²) in [7, 11) is 1.74. The zero-order valence-corrected chi connectivity index (χ0v) is 10.7. The largest absolute Gasteiger partial charge is 0.383 e. The van der Waals surface area contributed by atoms with Crippen LogP contribution in [0.5, 0.6) is 0 Å². The Morgan fingerprint density at radius 3 is 3.00 bits per heavy atom. The molecule has 1 aromatic heterocycles. The highest BCUT2D eigenvalue weighted by molar-refractivity contribution is 5.01. The maximum atomic E-state index is 5.98. The van der Waals surface area contributed by atoms with E-state index in [0.29, 0.717) is 13.2 Å². The van der Waals surface area contributed by atoms with E-state index in [9.17, 15) is 0 Å². The van der Waals surface area contributed by atoms with Crippen molar-refractivity contribution >= 4 is 0 Å². The quantitative estimate of drug-likeness (QED) is 0.809. The second-order valence-electron chi connectivity index (χ2n) is 4.67. The van der Waals surface area contributed by atoms with Gasteiger partial charge in [-0.3, -0.25) is 4.90 Å². The molecule has 0 saturated heterocycles. The average molecular weight is 238 g/mol. The minimum absolute atomic E-state index is 0.0497. The zero-order valence-electron chi connectivity index (χ0n) is 10.7. The van der Waals surface area contributed by atoms with Crippen molar-refractivity contribution in [1.29, 1.82) is 0 Å². The number of methoxy groups -OCH3 is 1. The summed E-state index contributed by atoms with van der Waals surface area (Å²) in [5.41, 5.74) is 5.93. The van der Waals surface area contributed by atoms with Crippen molar-refractivity contribution in [3.8, 4) is 0 Å². The molecule has 0 radical (unpaired) electrons. The fraction of sp³-hybridized carbons (Fsp3) is 0.750. The summed E-state index contributed by atoms with van der Waals surface area (Å²) >= 11 is 0. The fourth-order valence-corrected chi connectivity index (χ4v) is 2.60. The molecule has 2 rings (SSSR count). The minimum atomic E-state index is -0.0497. The monoisotopic (exact) mass is 238 g/mol. The van der Waals surface area contributed by atoms with Gasteiger partial charge in [0.05, 0.1) is 18.7 Å². The Labute approximate surface area is 103 Å². The van der Waals surface area contributed by atoms with Crippen LogP contribution in [0.2, 0.25) is 0 Å². The van der Waals surface area contributed by atoms with E-state index in [0.717, 1.165) is 31.9 Å². The maximum absolute atomic E-state index is 5.98. The van der Waals surface area contributed by atoms with Gasteiger partial charge in [0.15, 0.2) is 0 Å². The van der Waals surface area contributed by atoms with Crippen LogP contribution in [0, 0.1) is 0 Å². The van der Waals surface area contributed by atoms with Crippen molar-refractivity contribution < 1.29 is 4.74 Å². The molecule has 0 spiro atoms. The first-order valence-electron chi connectivity index (χ1n) is 6.20. The highest BCUT2D eigenvalue weighted by Crippen LogP contribution is 2.24. The summed E-state index contributed by atoms with van der Waals surface area (Å²) in [5.74, 6) is 1.12. The van der Waals surface area contributed by atoms with Gasteiger partial charge in [-0.25, -0.2) is 4.98 Å². The molecule has 5 heteroatoms. The molecule has 96 valence electrons. The van der Waals surface area contributed by atoms with Gasteiger partial charge >= 0.3 is 0 Å². The standard InChI is InChI=1S/C12H22N4O/c1-3-12(9-13,10-17-2)16-7-6-15-5-4-14-11(15)8-16/h4-5H,3,6-10,13H2,1-2H3. The predicted molar refractivity (Wildman–Crippen MR) is 66.6 cm³/mol. The molecule has 0 fully saturated rings. The van der Waals surface area contributed by atoms with Gasteiger partial charge in [-0.15, -0.1) is 0 Å². The zero-order chi connectivity index (χ0) is 12.3. The van der Waals surface area contributed by atoms with E-state index in [2.05, 4.69) is 21.4 Å². The third kappa shape index (κ3) is 2.22. The third-order valence-corrected chi connectivity index (χ3v) is 3.87. The normalized spacial score (nSPS) is 19.9. The Balaban J connectivity index is 2.16. The SMILES string of the molecule is CCC(CN)(COC)N1CCn2ccnc2C1. The Morgan fingerprint density at radius 2 is 2.35 bits per heavy atom. The van der Waals surface area contributed by atoms with E-state index in [1.54, 1.807) is 7.11 Å². The summed E-state index contributed by atoms with van der Waals surface area (Å²) in [6.07, 6.45) is 4.91. The highest BCUT2D eigenvalue weighted by Gasteiger charge is 2.36.